The summed E-state index contributed by atoms with van der Waals surface area (Å²) in [5, 5.41) is 8.93. The summed E-state index contributed by atoms with van der Waals surface area (Å²) in [4.78, 5) is 24.9. The van der Waals surface area contributed by atoms with E-state index in [2.05, 4.69) is 13.8 Å². The Bertz CT molecular complexity index is 286. The smallest absolute Gasteiger partial charge is 0.306 e. The quantitative estimate of drug-likeness (QED) is 0.802. The number of hydrogen-bond donors (Lipinski definition) is 1. The van der Waals surface area contributed by atoms with E-state index in [1.165, 1.54) is 0 Å². The number of carbonyl (C=O) groups excluding carboxylic acids is 1. The van der Waals surface area contributed by atoms with Crippen LogP contribution in [0.2, 0.25) is 0 Å². The lowest BCUT2D eigenvalue weighted by Gasteiger charge is -2.28. The number of carboxylic acid groups (broad SMARTS) is 1. The summed E-state index contributed by atoms with van der Waals surface area (Å²) < 4.78 is 0. The van der Waals surface area contributed by atoms with Gasteiger partial charge in [0.1, 0.15) is 0 Å². The second-order valence-corrected chi connectivity index (χ2v) is 4.96. The van der Waals surface area contributed by atoms with E-state index in [9.17, 15) is 9.59 Å². The number of amides is 1. The Hall–Kier alpha value is -1.06. The fraction of sp³-hybridized carbons (Fsp3) is 0.846. The van der Waals surface area contributed by atoms with Crippen molar-refractivity contribution in [2.45, 2.75) is 52.0 Å². The van der Waals surface area contributed by atoms with E-state index in [-0.39, 0.29) is 23.8 Å². The Kier molecular flexibility index (Phi) is 4.97. The lowest BCUT2D eigenvalue weighted by molar-refractivity contribution is -0.141. The summed E-state index contributed by atoms with van der Waals surface area (Å²) in [6.07, 6.45) is 3.78. The fourth-order valence-electron chi connectivity index (χ4n) is 2.73. The van der Waals surface area contributed by atoms with Crippen LogP contribution < -0.4 is 0 Å². The first-order valence-electron chi connectivity index (χ1n) is 6.50. The third-order valence-corrected chi connectivity index (χ3v) is 3.97. The van der Waals surface area contributed by atoms with E-state index in [0.717, 1.165) is 19.3 Å². The number of carboxylic acids is 1. The van der Waals surface area contributed by atoms with Crippen LogP contribution in [0.5, 0.6) is 0 Å². The highest BCUT2D eigenvalue weighted by Gasteiger charge is 2.35. The molecule has 0 saturated heterocycles. The van der Waals surface area contributed by atoms with Crippen LogP contribution in [-0.2, 0) is 9.59 Å². The number of rotatable bonds is 5. The molecule has 17 heavy (non-hydrogen) atoms. The average Bonchev–Trinajstić information content (AvgIpc) is 2.78. The molecular formula is C13H23NO3. The minimum absolute atomic E-state index is 0.0818. The third kappa shape index (κ3) is 3.20. The van der Waals surface area contributed by atoms with Crippen molar-refractivity contribution in [3.05, 3.63) is 0 Å². The number of hydrogen-bond acceptors (Lipinski definition) is 2. The number of carbonyl (C=O) groups is 2. The maximum absolute atomic E-state index is 12.2. The Morgan fingerprint density at radius 1 is 1.24 bits per heavy atom. The van der Waals surface area contributed by atoms with E-state index in [4.69, 9.17) is 5.11 Å². The molecule has 4 nitrogen and oxygen atoms in total. The van der Waals surface area contributed by atoms with Gasteiger partial charge >= 0.3 is 5.97 Å². The highest BCUT2D eigenvalue weighted by atomic mass is 16.4. The van der Waals surface area contributed by atoms with Gasteiger partial charge in [-0.3, -0.25) is 9.59 Å². The molecular weight excluding hydrogens is 218 g/mol. The molecule has 1 saturated carbocycles. The van der Waals surface area contributed by atoms with Crippen molar-refractivity contribution >= 4 is 11.9 Å². The van der Waals surface area contributed by atoms with Gasteiger partial charge in [-0.1, -0.05) is 13.8 Å². The molecule has 0 spiro atoms. The fourth-order valence-corrected chi connectivity index (χ4v) is 2.73. The maximum atomic E-state index is 12.2. The molecule has 2 atom stereocenters. The monoisotopic (exact) mass is 241 g/mol. The third-order valence-electron chi connectivity index (χ3n) is 3.97. The van der Waals surface area contributed by atoms with Gasteiger partial charge in [0, 0.05) is 19.0 Å². The Labute approximate surface area is 103 Å². The lowest BCUT2D eigenvalue weighted by atomic mass is 10.0. The SMILES string of the molecule is CCC(CC)N(C)C(=O)[C@@H]1CC[C@H](C(=O)O)C1. The number of nitrogens with zero attached hydrogens (tertiary/aromatic N) is 1. The molecule has 0 aromatic heterocycles. The van der Waals surface area contributed by atoms with E-state index in [1.807, 2.05) is 11.9 Å². The van der Waals surface area contributed by atoms with Crippen LogP contribution >= 0.6 is 0 Å². The molecule has 1 amide bonds. The largest absolute Gasteiger partial charge is 0.481 e. The van der Waals surface area contributed by atoms with Gasteiger partial charge in [-0.05, 0) is 32.1 Å². The molecule has 0 aromatic rings. The highest BCUT2D eigenvalue weighted by Crippen LogP contribution is 2.32. The normalized spacial score (nSPS) is 24.0. The Morgan fingerprint density at radius 3 is 2.18 bits per heavy atom. The van der Waals surface area contributed by atoms with E-state index < -0.39 is 5.97 Å². The van der Waals surface area contributed by atoms with E-state index in [0.29, 0.717) is 12.8 Å². The van der Waals surface area contributed by atoms with Gasteiger partial charge < -0.3 is 10.0 Å². The molecule has 1 N–H and O–H groups in total. The van der Waals surface area contributed by atoms with Crippen LogP contribution in [0.15, 0.2) is 0 Å². The van der Waals surface area contributed by atoms with E-state index >= 15 is 0 Å². The van der Waals surface area contributed by atoms with Gasteiger partial charge in [-0.15, -0.1) is 0 Å². The predicted octanol–water partition coefficient (Wildman–Crippen LogP) is 2.13. The molecule has 4 heteroatoms. The zero-order chi connectivity index (χ0) is 13.0. The first-order chi connectivity index (χ1) is 8.01. The molecule has 1 aliphatic carbocycles. The molecule has 1 fully saturated rings. The standard InChI is InChI=1S/C13H23NO3/c1-4-11(5-2)14(3)12(15)9-6-7-10(8-9)13(16)17/h9-11H,4-8H2,1-3H3,(H,16,17)/t9-,10+/m1/s1. The summed E-state index contributed by atoms with van der Waals surface area (Å²) >= 11 is 0. The van der Waals surface area contributed by atoms with Crippen LogP contribution in [0.3, 0.4) is 0 Å². The summed E-state index contributed by atoms with van der Waals surface area (Å²) in [7, 11) is 1.84. The van der Waals surface area contributed by atoms with Crippen molar-refractivity contribution in [2.75, 3.05) is 7.05 Å². The van der Waals surface area contributed by atoms with Crippen molar-refractivity contribution in [1.82, 2.24) is 4.90 Å². The van der Waals surface area contributed by atoms with Crippen LogP contribution in [0.4, 0.5) is 0 Å². The molecule has 0 bridgehead atoms. The van der Waals surface area contributed by atoms with Crippen molar-refractivity contribution < 1.29 is 14.7 Å². The van der Waals surface area contributed by atoms with Gasteiger partial charge in [0.2, 0.25) is 5.91 Å². The van der Waals surface area contributed by atoms with Crippen LogP contribution in [0.25, 0.3) is 0 Å². The van der Waals surface area contributed by atoms with Gasteiger partial charge in [0.05, 0.1) is 5.92 Å². The Morgan fingerprint density at radius 2 is 1.76 bits per heavy atom. The second kappa shape index (κ2) is 6.03. The predicted molar refractivity (Wildman–Crippen MR) is 65.6 cm³/mol. The maximum Gasteiger partial charge on any atom is 0.306 e. The first kappa shape index (κ1) is 14.0. The zero-order valence-electron chi connectivity index (χ0n) is 11.0. The van der Waals surface area contributed by atoms with Gasteiger partial charge in [-0.2, -0.15) is 0 Å². The second-order valence-electron chi connectivity index (χ2n) is 4.96. The molecule has 98 valence electrons. The molecule has 0 unspecified atom stereocenters. The first-order valence-corrected chi connectivity index (χ1v) is 6.50. The van der Waals surface area contributed by atoms with Gasteiger partial charge in [0.15, 0.2) is 0 Å². The molecule has 0 aliphatic heterocycles. The topological polar surface area (TPSA) is 57.6 Å². The van der Waals surface area contributed by atoms with E-state index in [1.54, 1.807) is 0 Å². The van der Waals surface area contributed by atoms with Gasteiger partial charge in [-0.25, -0.2) is 0 Å². The summed E-state index contributed by atoms with van der Waals surface area (Å²) in [6.45, 7) is 4.15. The molecule has 0 radical (unpaired) electrons. The molecule has 0 heterocycles. The van der Waals surface area contributed by atoms with Crippen molar-refractivity contribution in [2.24, 2.45) is 11.8 Å². The molecule has 0 aromatic carbocycles. The zero-order valence-corrected chi connectivity index (χ0v) is 11.0. The van der Waals surface area contributed by atoms with Crippen molar-refractivity contribution in [3.63, 3.8) is 0 Å². The molecule has 1 aliphatic rings. The molecule has 1 rings (SSSR count). The van der Waals surface area contributed by atoms with Crippen LogP contribution in [0, 0.1) is 11.8 Å². The van der Waals surface area contributed by atoms with Crippen LogP contribution in [0.1, 0.15) is 46.0 Å². The minimum atomic E-state index is -0.759. The van der Waals surface area contributed by atoms with Crippen molar-refractivity contribution in [3.8, 4) is 0 Å². The number of aliphatic carboxylic acids is 1. The Balaban J connectivity index is 2.57. The highest BCUT2D eigenvalue weighted by molar-refractivity contribution is 5.81. The summed E-state index contributed by atoms with van der Waals surface area (Å²) in [5.41, 5.74) is 0. The summed E-state index contributed by atoms with van der Waals surface area (Å²) in [5.74, 6) is -1.03. The van der Waals surface area contributed by atoms with Gasteiger partial charge in [0.25, 0.3) is 0 Å². The average molecular weight is 241 g/mol. The van der Waals surface area contributed by atoms with Crippen molar-refractivity contribution in [1.29, 1.82) is 0 Å². The van der Waals surface area contributed by atoms with Crippen LogP contribution in [-0.4, -0.2) is 35.0 Å². The lowest BCUT2D eigenvalue weighted by Crippen LogP contribution is -2.39. The minimum Gasteiger partial charge on any atom is -0.481 e. The summed E-state index contributed by atoms with van der Waals surface area (Å²) in [6, 6.07) is 0.284.